The molecule has 1 saturated carbocycles. The highest BCUT2D eigenvalue weighted by atomic mass is 32.1. The third-order valence-electron chi connectivity index (χ3n) is 4.82. The lowest BCUT2D eigenvalue weighted by Gasteiger charge is -2.43. The number of hydrogen-bond acceptors (Lipinski definition) is 5. The van der Waals surface area contributed by atoms with E-state index < -0.39 is 0 Å². The molecule has 3 heterocycles. The number of ether oxygens (including phenoxy) is 1. The zero-order chi connectivity index (χ0) is 16.4. The number of rotatable bonds is 3. The molecular formula is C18H21N3O2S. The number of carbonyl (C=O) groups is 1. The molecule has 5 nitrogen and oxygen atoms in total. The maximum atomic E-state index is 12.8. The summed E-state index contributed by atoms with van der Waals surface area (Å²) in [6.07, 6.45) is 6.90. The first-order valence-electron chi connectivity index (χ1n) is 8.58. The fourth-order valence-electron chi connectivity index (χ4n) is 3.66. The summed E-state index contributed by atoms with van der Waals surface area (Å²) in [6.45, 7) is 1.36. The van der Waals surface area contributed by atoms with Gasteiger partial charge in [0.15, 0.2) is 0 Å². The van der Waals surface area contributed by atoms with Crippen LogP contribution >= 0.6 is 11.3 Å². The zero-order valence-corrected chi connectivity index (χ0v) is 14.4. The second kappa shape index (κ2) is 6.99. The van der Waals surface area contributed by atoms with Crippen LogP contribution in [0.5, 0.6) is 0 Å². The summed E-state index contributed by atoms with van der Waals surface area (Å²) in [4.78, 5) is 23.7. The molecular weight excluding hydrogens is 322 g/mol. The highest BCUT2D eigenvalue weighted by Crippen LogP contribution is 2.29. The molecule has 1 amide bonds. The summed E-state index contributed by atoms with van der Waals surface area (Å²) in [5.41, 5.74) is 1.70. The molecule has 2 aliphatic rings. The quantitative estimate of drug-likeness (QED) is 0.860. The molecule has 0 N–H and O–H groups in total. The van der Waals surface area contributed by atoms with E-state index in [1.165, 1.54) is 12.8 Å². The molecule has 6 heteroatoms. The zero-order valence-electron chi connectivity index (χ0n) is 13.6. The largest absolute Gasteiger partial charge is 0.374 e. The van der Waals surface area contributed by atoms with Gasteiger partial charge in [0, 0.05) is 18.1 Å². The average molecular weight is 343 g/mol. The lowest BCUT2D eigenvalue weighted by atomic mass is 9.90. The van der Waals surface area contributed by atoms with E-state index in [9.17, 15) is 4.79 Å². The predicted octanol–water partition coefficient (Wildman–Crippen LogP) is 2.92. The van der Waals surface area contributed by atoms with Crippen LogP contribution in [0.2, 0.25) is 0 Å². The van der Waals surface area contributed by atoms with Crippen molar-refractivity contribution in [1.29, 1.82) is 0 Å². The summed E-state index contributed by atoms with van der Waals surface area (Å²) in [6, 6.07) is 6.04. The molecule has 1 aliphatic heterocycles. The smallest absolute Gasteiger partial charge is 0.229 e. The number of hydrogen-bond donors (Lipinski definition) is 0. The number of morpholine rings is 1. The number of pyridine rings is 1. The van der Waals surface area contributed by atoms with Gasteiger partial charge in [0.05, 0.1) is 36.6 Å². The molecule has 0 bridgehead atoms. The third kappa shape index (κ3) is 3.21. The van der Waals surface area contributed by atoms with Crippen LogP contribution < -0.4 is 0 Å². The van der Waals surface area contributed by atoms with E-state index in [4.69, 9.17) is 4.74 Å². The normalized spacial score (nSPS) is 23.8. The van der Waals surface area contributed by atoms with Gasteiger partial charge in [0.2, 0.25) is 5.91 Å². The van der Waals surface area contributed by atoms with E-state index in [2.05, 4.69) is 9.97 Å². The Morgan fingerprint density at radius 3 is 3.12 bits per heavy atom. The second-order valence-electron chi connectivity index (χ2n) is 6.38. The van der Waals surface area contributed by atoms with Crippen molar-refractivity contribution in [2.24, 2.45) is 0 Å². The van der Waals surface area contributed by atoms with Gasteiger partial charge in [-0.2, -0.15) is 0 Å². The van der Waals surface area contributed by atoms with Crippen molar-refractivity contribution in [3.8, 4) is 10.7 Å². The maximum Gasteiger partial charge on any atom is 0.229 e. The number of thiazole rings is 1. The van der Waals surface area contributed by atoms with E-state index in [1.54, 1.807) is 17.5 Å². The first-order valence-corrected chi connectivity index (χ1v) is 9.46. The van der Waals surface area contributed by atoms with Gasteiger partial charge in [-0.15, -0.1) is 11.3 Å². The summed E-state index contributed by atoms with van der Waals surface area (Å²) in [7, 11) is 0. The lowest BCUT2D eigenvalue weighted by molar-refractivity contribution is -0.148. The Balaban J connectivity index is 1.45. The second-order valence-corrected chi connectivity index (χ2v) is 7.24. The van der Waals surface area contributed by atoms with Gasteiger partial charge >= 0.3 is 0 Å². The van der Waals surface area contributed by atoms with Crippen molar-refractivity contribution in [3.05, 3.63) is 35.5 Å². The van der Waals surface area contributed by atoms with Crippen molar-refractivity contribution >= 4 is 17.2 Å². The first kappa shape index (κ1) is 15.7. The molecule has 2 aromatic heterocycles. The summed E-state index contributed by atoms with van der Waals surface area (Å²) >= 11 is 1.55. The van der Waals surface area contributed by atoms with Crippen molar-refractivity contribution < 1.29 is 9.53 Å². The van der Waals surface area contributed by atoms with Gasteiger partial charge in [-0.1, -0.05) is 18.9 Å². The molecule has 126 valence electrons. The average Bonchev–Trinajstić information content (AvgIpc) is 3.10. The Bertz CT molecular complexity index is 701. The number of nitrogens with zero attached hydrogens (tertiary/aromatic N) is 3. The Morgan fingerprint density at radius 2 is 2.25 bits per heavy atom. The number of aromatic nitrogens is 2. The number of amides is 1. The Kier molecular flexibility index (Phi) is 4.58. The van der Waals surface area contributed by atoms with Crippen LogP contribution in [-0.4, -0.2) is 46.1 Å². The molecule has 4 rings (SSSR count). The van der Waals surface area contributed by atoms with Crippen LogP contribution in [0.1, 0.15) is 31.4 Å². The van der Waals surface area contributed by atoms with Gasteiger partial charge in [-0.3, -0.25) is 9.78 Å². The third-order valence-corrected chi connectivity index (χ3v) is 5.73. The van der Waals surface area contributed by atoms with Crippen molar-refractivity contribution in [1.82, 2.24) is 14.9 Å². The Labute approximate surface area is 145 Å². The van der Waals surface area contributed by atoms with Crippen molar-refractivity contribution in [2.75, 3.05) is 13.2 Å². The lowest BCUT2D eigenvalue weighted by Crippen LogP contribution is -2.55. The SMILES string of the molecule is O=C(Cc1csc(-c2ccccn2)n1)N1CCO[C@H]2CCCC[C@H]21. The van der Waals surface area contributed by atoms with E-state index in [0.29, 0.717) is 19.6 Å². The Morgan fingerprint density at radius 1 is 1.33 bits per heavy atom. The summed E-state index contributed by atoms with van der Waals surface area (Å²) in [5, 5.41) is 2.84. The van der Waals surface area contributed by atoms with E-state index in [0.717, 1.165) is 29.2 Å². The monoisotopic (exact) mass is 343 g/mol. The van der Waals surface area contributed by atoms with Crippen LogP contribution in [-0.2, 0) is 16.0 Å². The van der Waals surface area contributed by atoms with Crippen molar-refractivity contribution in [3.63, 3.8) is 0 Å². The highest BCUT2D eigenvalue weighted by molar-refractivity contribution is 7.13. The number of fused-ring (bicyclic) bond motifs is 1. The molecule has 24 heavy (non-hydrogen) atoms. The van der Waals surface area contributed by atoms with Gasteiger partial charge in [-0.25, -0.2) is 4.98 Å². The van der Waals surface area contributed by atoms with Crippen LogP contribution in [0.25, 0.3) is 10.7 Å². The molecule has 2 atom stereocenters. The highest BCUT2D eigenvalue weighted by Gasteiger charge is 2.36. The van der Waals surface area contributed by atoms with Gasteiger partial charge in [0.25, 0.3) is 0 Å². The molecule has 1 aliphatic carbocycles. The maximum absolute atomic E-state index is 12.8. The minimum absolute atomic E-state index is 0.174. The van der Waals surface area contributed by atoms with E-state index >= 15 is 0 Å². The van der Waals surface area contributed by atoms with Gasteiger partial charge in [0.1, 0.15) is 5.01 Å². The van der Waals surface area contributed by atoms with Crippen LogP contribution in [0.4, 0.5) is 0 Å². The first-order chi connectivity index (χ1) is 11.8. The van der Waals surface area contributed by atoms with Gasteiger partial charge in [-0.05, 0) is 25.0 Å². The standard InChI is InChI=1S/C18H21N3O2S/c22-17(21-9-10-23-16-7-2-1-6-15(16)21)11-13-12-24-18(20-13)14-5-3-4-8-19-14/h3-5,8,12,15-16H,1-2,6-7,9-11H2/t15-,16+/m1/s1. The predicted molar refractivity (Wildman–Crippen MR) is 92.8 cm³/mol. The van der Waals surface area contributed by atoms with E-state index in [-0.39, 0.29) is 18.1 Å². The van der Waals surface area contributed by atoms with Crippen LogP contribution in [0.15, 0.2) is 29.8 Å². The van der Waals surface area contributed by atoms with Crippen LogP contribution in [0.3, 0.4) is 0 Å². The van der Waals surface area contributed by atoms with E-state index in [1.807, 2.05) is 28.5 Å². The fraction of sp³-hybridized carbons (Fsp3) is 0.500. The molecule has 1 saturated heterocycles. The molecule has 0 unspecified atom stereocenters. The number of carbonyl (C=O) groups excluding carboxylic acids is 1. The minimum Gasteiger partial charge on any atom is -0.374 e. The summed E-state index contributed by atoms with van der Waals surface area (Å²) in [5.74, 6) is 0.174. The van der Waals surface area contributed by atoms with Gasteiger partial charge < -0.3 is 9.64 Å². The summed E-state index contributed by atoms with van der Waals surface area (Å²) < 4.78 is 5.86. The molecule has 0 aromatic carbocycles. The van der Waals surface area contributed by atoms with Crippen molar-refractivity contribution in [2.45, 2.75) is 44.2 Å². The molecule has 0 spiro atoms. The molecule has 0 radical (unpaired) electrons. The molecule has 2 aromatic rings. The molecule has 2 fully saturated rings. The van der Waals surface area contributed by atoms with Crippen LogP contribution in [0, 0.1) is 0 Å². The minimum atomic E-state index is 0.174. The Hall–Kier alpha value is -1.79. The fourth-order valence-corrected chi connectivity index (χ4v) is 4.45. The topological polar surface area (TPSA) is 55.3 Å².